The number of nitrogens with zero attached hydrogens (tertiary/aromatic N) is 4. The number of carbonyl (C=O) groups excluding carboxylic acids is 1. The van der Waals surface area contributed by atoms with Crippen LogP contribution in [-0.4, -0.2) is 27.3 Å². The molecule has 0 saturated heterocycles. The molecule has 0 radical (unpaired) electrons. The van der Waals surface area contributed by atoms with Crippen LogP contribution in [0.5, 0.6) is 5.75 Å². The van der Waals surface area contributed by atoms with E-state index in [1.807, 2.05) is 74.7 Å². The average Bonchev–Trinajstić information content (AvgIpc) is 3.59. The van der Waals surface area contributed by atoms with Crippen molar-refractivity contribution in [2.45, 2.75) is 33.8 Å². The summed E-state index contributed by atoms with van der Waals surface area (Å²) in [6.45, 7) is 8.06. The maximum absolute atomic E-state index is 12.7. The summed E-state index contributed by atoms with van der Waals surface area (Å²) in [5, 5.41) is 19.5. The highest BCUT2D eigenvalue weighted by molar-refractivity contribution is 7.13. The zero-order valence-corrected chi connectivity index (χ0v) is 20.6. The Balaban J connectivity index is 1.53. The van der Waals surface area contributed by atoms with Gasteiger partial charge in [-0.2, -0.15) is 5.26 Å². The second-order valence-electron chi connectivity index (χ2n) is 7.73. The minimum atomic E-state index is -0.809. The Bertz CT molecular complexity index is 1390. The molecule has 0 N–H and O–H groups in total. The second kappa shape index (κ2) is 10.4. The summed E-state index contributed by atoms with van der Waals surface area (Å²) in [4.78, 5) is 13.6. The van der Waals surface area contributed by atoms with Crippen LogP contribution in [0.4, 0.5) is 0 Å². The summed E-state index contributed by atoms with van der Waals surface area (Å²) < 4.78 is 18.6. The van der Waals surface area contributed by atoms with Gasteiger partial charge in [0.05, 0.1) is 11.5 Å². The standard InChI is InChI=1S/C26H24N4O4S/c1-5-32-22-10-8-21(9-11-22)30-16(2)13-19(17(30)3)14-20(15-27)26(31)33-18(4)24-28-29-25(34-24)23-7-6-12-35-23/h6-14,18H,5H2,1-4H3/b20-14+. The van der Waals surface area contributed by atoms with Gasteiger partial charge < -0.3 is 18.5 Å². The Morgan fingerprint density at radius 2 is 2.03 bits per heavy atom. The van der Waals surface area contributed by atoms with Crippen LogP contribution >= 0.6 is 11.3 Å². The number of benzene rings is 1. The van der Waals surface area contributed by atoms with E-state index in [2.05, 4.69) is 14.8 Å². The molecule has 0 bridgehead atoms. The molecule has 0 spiro atoms. The Labute approximate surface area is 207 Å². The van der Waals surface area contributed by atoms with Crippen molar-refractivity contribution in [3.05, 3.63) is 76.3 Å². The molecule has 3 heterocycles. The van der Waals surface area contributed by atoms with Gasteiger partial charge in [-0.3, -0.25) is 0 Å². The predicted octanol–water partition coefficient (Wildman–Crippen LogP) is 5.82. The van der Waals surface area contributed by atoms with Crippen LogP contribution < -0.4 is 4.74 Å². The number of rotatable bonds is 8. The van der Waals surface area contributed by atoms with Gasteiger partial charge in [-0.25, -0.2) is 4.79 Å². The van der Waals surface area contributed by atoms with E-state index >= 15 is 0 Å². The molecule has 0 aliphatic heterocycles. The first-order chi connectivity index (χ1) is 16.9. The van der Waals surface area contributed by atoms with Gasteiger partial charge >= 0.3 is 5.97 Å². The van der Waals surface area contributed by atoms with Crippen LogP contribution in [0.2, 0.25) is 0 Å². The maximum Gasteiger partial charge on any atom is 0.349 e. The third-order valence-electron chi connectivity index (χ3n) is 5.32. The van der Waals surface area contributed by atoms with Crippen molar-refractivity contribution in [3.8, 4) is 28.3 Å². The third-order valence-corrected chi connectivity index (χ3v) is 6.18. The number of esters is 1. The highest BCUT2D eigenvalue weighted by Crippen LogP contribution is 2.27. The Morgan fingerprint density at radius 3 is 2.69 bits per heavy atom. The Morgan fingerprint density at radius 1 is 1.26 bits per heavy atom. The summed E-state index contributed by atoms with van der Waals surface area (Å²) in [7, 11) is 0. The maximum atomic E-state index is 12.7. The molecule has 1 aromatic carbocycles. The highest BCUT2D eigenvalue weighted by Gasteiger charge is 2.22. The molecule has 1 unspecified atom stereocenters. The van der Waals surface area contributed by atoms with Crippen molar-refractivity contribution in [3.63, 3.8) is 0 Å². The minimum Gasteiger partial charge on any atom is -0.494 e. The van der Waals surface area contributed by atoms with Crippen molar-refractivity contribution in [2.75, 3.05) is 6.61 Å². The SMILES string of the molecule is CCOc1ccc(-n2c(C)cc(/C=C(\C#N)C(=O)OC(C)c3nnc(-c4cccs4)o3)c2C)cc1. The largest absolute Gasteiger partial charge is 0.494 e. The number of aromatic nitrogens is 3. The van der Waals surface area contributed by atoms with Gasteiger partial charge in [0.1, 0.15) is 17.4 Å². The summed E-state index contributed by atoms with van der Waals surface area (Å²) in [6, 6.07) is 15.4. The first-order valence-corrected chi connectivity index (χ1v) is 11.9. The lowest BCUT2D eigenvalue weighted by Crippen LogP contribution is -2.11. The fourth-order valence-electron chi connectivity index (χ4n) is 3.65. The van der Waals surface area contributed by atoms with E-state index in [1.54, 1.807) is 6.92 Å². The quantitative estimate of drug-likeness (QED) is 0.175. The highest BCUT2D eigenvalue weighted by atomic mass is 32.1. The minimum absolute atomic E-state index is 0.123. The zero-order chi connectivity index (χ0) is 24.9. The van der Waals surface area contributed by atoms with Crippen LogP contribution in [0, 0.1) is 25.2 Å². The smallest absolute Gasteiger partial charge is 0.349 e. The van der Waals surface area contributed by atoms with E-state index in [0.29, 0.717) is 12.5 Å². The van der Waals surface area contributed by atoms with Gasteiger partial charge in [-0.15, -0.1) is 21.5 Å². The van der Waals surface area contributed by atoms with Crippen molar-refractivity contribution in [1.29, 1.82) is 5.26 Å². The third kappa shape index (κ3) is 5.18. The molecule has 1 atom stereocenters. The topological polar surface area (TPSA) is 103 Å². The van der Waals surface area contributed by atoms with E-state index in [1.165, 1.54) is 17.4 Å². The first-order valence-electron chi connectivity index (χ1n) is 11.0. The molecule has 3 aromatic heterocycles. The molecule has 8 nitrogen and oxygen atoms in total. The molecule has 35 heavy (non-hydrogen) atoms. The molecule has 178 valence electrons. The number of aryl methyl sites for hydroxylation is 1. The number of hydrogen-bond donors (Lipinski definition) is 0. The van der Waals surface area contributed by atoms with Gasteiger partial charge in [-0.1, -0.05) is 6.07 Å². The van der Waals surface area contributed by atoms with Crippen molar-refractivity contribution in [1.82, 2.24) is 14.8 Å². The molecular formula is C26H24N4O4S. The molecule has 4 rings (SSSR count). The van der Waals surface area contributed by atoms with Crippen molar-refractivity contribution >= 4 is 23.4 Å². The number of nitriles is 1. The van der Waals surface area contributed by atoms with Gasteiger partial charge in [0, 0.05) is 17.1 Å². The zero-order valence-electron chi connectivity index (χ0n) is 19.8. The number of thiophene rings is 1. The summed E-state index contributed by atoms with van der Waals surface area (Å²) in [6.07, 6.45) is 0.726. The van der Waals surface area contributed by atoms with E-state index in [9.17, 15) is 10.1 Å². The number of ether oxygens (including phenoxy) is 2. The average molecular weight is 489 g/mol. The lowest BCUT2D eigenvalue weighted by molar-refractivity contribution is -0.144. The summed E-state index contributed by atoms with van der Waals surface area (Å²) in [5.41, 5.74) is 3.43. The van der Waals surface area contributed by atoms with E-state index in [4.69, 9.17) is 13.9 Å². The van der Waals surface area contributed by atoms with Gasteiger partial charge in [0.25, 0.3) is 11.8 Å². The van der Waals surface area contributed by atoms with Crippen LogP contribution in [0.3, 0.4) is 0 Å². The van der Waals surface area contributed by atoms with E-state index in [0.717, 1.165) is 33.3 Å². The predicted molar refractivity (Wildman–Crippen MR) is 132 cm³/mol. The monoisotopic (exact) mass is 488 g/mol. The molecule has 0 amide bonds. The molecular weight excluding hydrogens is 464 g/mol. The van der Waals surface area contributed by atoms with Crippen molar-refractivity contribution < 1.29 is 18.7 Å². The number of carbonyl (C=O) groups is 1. The number of hydrogen-bond acceptors (Lipinski definition) is 8. The summed E-state index contributed by atoms with van der Waals surface area (Å²) >= 11 is 1.47. The Hall–Kier alpha value is -4.16. The molecule has 4 aromatic rings. The van der Waals surface area contributed by atoms with Crippen molar-refractivity contribution in [2.24, 2.45) is 0 Å². The summed E-state index contributed by atoms with van der Waals surface area (Å²) in [5.74, 6) is 0.552. The normalized spacial score (nSPS) is 12.3. The van der Waals surface area contributed by atoms with Crippen LogP contribution in [0.25, 0.3) is 22.5 Å². The second-order valence-corrected chi connectivity index (χ2v) is 8.68. The van der Waals surface area contributed by atoms with Gasteiger partial charge in [-0.05, 0) is 81.1 Å². The van der Waals surface area contributed by atoms with E-state index < -0.39 is 12.1 Å². The lowest BCUT2D eigenvalue weighted by atomic mass is 10.1. The molecule has 0 fully saturated rings. The van der Waals surface area contributed by atoms with E-state index in [-0.39, 0.29) is 11.5 Å². The fraction of sp³-hybridized carbons (Fsp3) is 0.231. The Kier molecular flexibility index (Phi) is 7.13. The van der Waals surface area contributed by atoms with Gasteiger partial charge in [0.2, 0.25) is 0 Å². The molecule has 0 saturated carbocycles. The molecule has 0 aliphatic rings. The molecule has 0 aliphatic carbocycles. The van der Waals surface area contributed by atoms with Crippen LogP contribution in [0.1, 0.15) is 42.8 Å². The first kappa shape index (κ1) is 24.0. The fourth-order valence-corrected chi connectivity index (χ4v) is 4.30. The lowest BCUT2D eigenvalue weighted by Gasteiger charge is -2.11. The van der Waals surface area contributed by atoms with Crippen LogP contribution in [0.15, 0.2) is 57.8 Å². The van der Waals surface area contributed by atoms with Crippen LogP contribution in [-0.2, 0) is 9.53 Å². The molecule has 9 heteroatoms. The van der Waals surface area contributed by atoms with Gasteiger partial charge in [0.15, 0.2) is 6.10 Å².